The molecule has 0 spiro atoms. The van der Waals surface area contributed by atoms with Gasteiger partial charge in [0.2, 0.25) is 10.0 Å². The van der Waals surface area contributed by atoms with E-state index in [1.807, 2.05) is 39.8 Å². The summed E-state index contributed by atoms with van der Waals surface area (Å²) in [6, 6.07) is 5.96. The van der Waals surface area contributed by atoms with Gasteiger partial charge >= 0.3 is 0 Å². The first-order chi connectivity index (χ1) is 9.51. The number of aryl methyl sites for hydroxylation is 1. The molecule has 5 heteroatoms. The molecular formula is C16H28N2O2S. The molecule has 4 nitrogen and oxygen atoms in total. The molecule has 0 fully saturated rings. The van der Waals surface area contributed by atoms with E-state index in [-0.39, 0.29) is 5.41 Å². The lowest BCUT2D eigenvalue weighted by Gasteiger charge is -2.19. The largest absolute Gasteiger partial charge is 0.310 e. The van der Waals surface area contributed by atoms with Crippen LogP contribution < -0.4 is 10.0 Å². The summed E-state index contributed by atoms with van der Waals surface area (Å²) in [6.45, 7) is 13.1. The van der Waals surface area contributed by atoms with Crippen molar-refractivity contribution in [3.8, 4) is 0 Å². The van der Waals surface area contributed by atoms with Crippen LogP contribution in [0.4, 0.5) is 0 Å². The van der Waals surface area contributed by atoms with Crippen LogP contribution in [-0.2, 0) is 16.6 Å². The molecule has 0 atom stereocenters. The summed E-state index contributed by atoms with van der Waals surface area (Å²) < 4.78 is 27.6. The fourth-order valence-electron chi connectivity index (χ4n) is 1.76. The van der Waals surface area contributed by atoms with Gasteiger partial charge in [0.05, 0.1) is 4.90 Å². The van der Waals surface area contributed by atoms with E-state index in [0.29, 0.717) is 24.0 Å². The molecule has 0 aromatic heterocycles. The Morgan fingerprint density at radius 1 is 1.19 bits per heavy atom. The summed E-state index contributed by atoms with van der Waals surface area (Å²) in [4.78, 5) is 0.370. The van der Waals surface area contributed by atoms with Crippen LogP contribution >= 0.6 is 0 Å². The summed E-state index contributed by atoms with van der Waals surface area (Å²) in [5.41, 5.74) is 1.66. The lowest BCUT2D eigenvalue weighted by molar-refractivity contribution is 0.407. The predicted molar refractivity (Wildman–Crippen MR) is 87.8 cm³/mol. The van der Waals surface area contributed by atoms with Crippen molar-refractivity contribution in [1.82, 2.24) is 10.0 Å². The van der Waals surface area contributed by atoms with Gasteiger partial charge in [0.25, 0.3) is 0 Å². The zero-order valence-electron chi connectivity index (χ0n) is 13.9. The van der Waals surface area contributed by atoms with E-state index in [1.54, 1.807) is 6.07 Å². The third-order valence-corrected chi connectivity index (χ3v) is 4.59. The third kappa shape index (κ3) is 6.16. The summed E-state index contributed by atoms with van der Waals surface area (Å²) in [6.07, 6.45) is 0. The van der Waals surface area contributed by atoms with Gasteiger partial charge in [-0.15, -0.1) is 0 Å². The maximum atomic E-state index is 12.5. The van der Waals surface area contributed by atoms with Crippen molar-refractivity contribution in [3.63, 3.8) is 0 Å². The number of rotatable bonds is 6. The standard InChI is InChI=1S/C16H28N2O2S/c1-12(2)17-10-14-8-7-13(3)15(9-14)21(19,20)18-11-16(4,5)6/h7-9,12,17-18H,10-11H2,1-6H3. The van der Waals surface area contributed by atoms with Crippen molar-refractivity contribution in [2.45, 2.75) is 59.0 Å². The third-order valence-electron chi connectivity index (χ3n) is 3.05. The number of hydrogen-bond donors (Lipinski definition) is 2. The fraction of sp³-hybridized carbons (Fsp3) is 0.625. The quantitative estimate of drug-likeness (QED) is 0.849. The van der Waals surface area contributed by atoms with Crippen molar-refractivity contribution < 1.29 is 8.42 Å². The van der Waals surface area contributed by atoms with E-state index in [1.165, 1.54) is 0 Å². The summed E-state index contributed by atoms with van der Waals surface area (Å²) in [7, 11) is -3.46. The molecule has 0 amide bonds. The molecule has 0 bridgehead atoms. The summed E-state index contributed by atoms with van der Waals surface area (Å²) >= 11 is 0. The van der Waals surface area contributed by atoms with Gasteiger partial charge in [-0.3, -0.25) is 0 Å². The molecule has 2 N–H and O–H groups in total. The average molecular weight is 312 g/mol. The highest BCUT2D eigenvalue weighted by Gasteiger charge is 2.20. The Balaban J connectivity index is 2.97. The Hall–Kier alpha value is -0.910. The zero-order valence-corrected chi connectivity index (χ0v) is 14.8. The minimum absolute atomic E-state index is 0.0855. The van der Waals surface area contributed by atoms with Gasteiger partial charge in [-0.1, -0.05) is 46.8 Å². The van der Waals surface area contributed by atoms with E-state index in [2.05, 4.69) is 23.9 Å². The van der Waals surface area contributed by atoms with Crippen LogP contribution in [-0.4, -0.2) is 21.0 Å². The van der Waals surface area contributed by atoms with E-state index in [9.17, 15) is 8.42 Å². The lowest BCUT2D eigenvalue weighted by atomic mass is 9.98. The van der Waals surface area contributed by atoms with Gasteiger partial charge in [-0.2, -0.15) is 0 Å². The van der Waals surface area contributed by atoms with Crippen LogP contribution in [0.25, 0.3) is 0 Å². The Morgan fingerprint density at radius 2 is 1.81 bits per heavy atom. The van der Waals surface area contributed by atoms with Gasteiger partial charge in [-0.05, 0) is 29.5 Å². The van der Waals surface area contributed by atoms with E-state index in [0.717, 1.165) is 11.1 Å². The number of benzene rings is 1. The van der Waals surface area contributed by atoms with E-state index in [4.69, 9.17) is 0 Å². The molecule has 1 rings (SSSR count). The number of sulfonamides is 1. The molecule has 0 radical (unpaired) electrons. The van der Waals surface area contributed by atoms with Crippen LogP contribution in [0.15, 0.2) is 23.1 Å². The monoisotopic (exact) mass is 312 g/mol. The number of nitrogens with one attached hydrogen (secondary N) is 2. The topological polar surface area (TPSA) is 58.2 Å². The molecule has 0 aliphatic heterocycles. The second-order valence-electron chi connectivity index (χ2n) is 7.02. The Bertz CT molecular complexity index is 572. The van der Waals surface area contributed by atoms with Crippen molar-refractivity contribution in [2.75, 3.05) is 6.54 Å². The van der Waals surface area contributed by atoms with Gasteiger partial charge < -0.3 is 5.32 Å². The second kappa shape index (κ2) is 6.90. The highest BCUT2D eigenvalue weighted by molar-refractivity contribution is 7.89. The predicted octanol–water partition coefficient (Wildman–Crippen LogP) is 2.82. The minimum Gasteiger partial charge on any atom is -0.310 e. The van der Waals surface area contributed by atoms with Crippen LogP contribution in [0.2, 0.25) is 0 Å². The summed E-state index contributed by atoms with van der Waals surface area (Å²) in [5, 5.41) is 3.30. The fourth-order valence-corrected chi connectivity index (χ4v) is 3.33. The molecule has 0 aliphatic carbocycles. The molecule has 0 unspecified atom stereocenters. The van der Waals surface area contributed by atoms with Gasteiger partial charge in [0.1, 0.15) is 0 Å². The van der Waals surface area contributed by atoms with Crippen molar-refractivity contribution in [1.29, 1.82) is 0 Å². The highest BCUT2D eigenvalue weighted by Crippen LogP contribution is 2.19. The van der Waals surface area contributed by atoms with Crippen molar-refractivity contribution >= 4 is 10.0 Å². The maximum absolute atomic E-state index is 12.5. The molecule has 0 heterocycles. The molecule has 0 aliphatic rings. The normalized spacial score (nSPS) is 12.9. The molecular weight excluding hydrogens is 284 g/mol. The first-order valence-electron chi connectivity index (χ1n) is 7.34. The number of hydrogen-bond acceptors (Lipinski definition) is 3. The van der Waals surface area contributed by atoms with Crippen LogP contribution in [0.3, 0.4) is 0 Å². The molecule has 21 heavy (non-hydrogen) atoms. The highest BCUT2D eigenvalue weighted by atomic mass is 32.2. The molecule has 0 saturated carbocycles. The van der Waals surface area contributed by atoms with Crippen LogP contribution in [0.1, 0.15) is 45.7 Å². The molecule has 120 valence electrons. The molecule has 0 saturated heterocycles. The first-order valence-corrected chi connectivity index (χ1v) is 8.82. The van der Waals surface area contributed by atoms with Gasteiger partial charge in [-0.25, -0.2) is 13.1 Å². The average Bonchev–Trinajstić information content (AvgIpc) is 2.34. The smallest absolute Gasteiger partial charge is 0.240 e. The SMILES string of the molecule is Cc1ccc(CNC(C)C)cc1S(=O)(=O)NCC(C)(C)C. The Labute approximate surface area is 129 Å². The zero-order chi connectivity index (χ0) is 16.3. The lowest BCUT2D eigenvalue weighted by Crippen LogP contribution is -2.32. The second-order valence-corrected chi connectivity index (χ2v) is 8.76. The van der Waals surface area contributed by atoms with Gasteiger partial charge in [0, 0.05) is 19.1 Å². The van der Waals surface area contributed by atoms with Gasteiger partial charge in [0.15, 0.2) is 0 Å². The Morgan fingerprint density at radius 3 is 2.33 bits per heavy atom. The maximum Gasteiger partial charge on any atom is 0.240 e. The van der Waals surface area contributed by atoms with E-state index >= 15 is 0 Å². The first kappa shape index (κ1) is 18.1. The van der Waals surface area contributed by atoms with Crippen LogP contribution in [0, 0.1) is 12.3 Å². The minimum atomic E-state index is -3.46. The van der Waals surface area contributed by atoms with E-state index < -0.39 is 10.0 Å². The molecule has 1 aromatic rings. The Kier molecular flexibility index (Phi) is 5.96. The van der Waals surface area contributed by atoms with Crippen molar-refractivity contribution in [2.24, 2.45) is 5.41 Å². The van der Waals surface area contributed by atoms with Crippen molar-refractivity contribution in [3.05, 3.63) is 29.3 Å². The summed E-state index contributed by atoms with van der Waals surface area (Å²) in [5.74, 6) is 0. The molecule has 1 aromatic carbocycles. The van der Waals surface area contributed by atoms with Crippen LogP contribution in [0.5, 0.6) is 0 Å².